The van der Waals surface area contributed by atoms with E-state index in [1.54, 1.807) is 16.9 Å². The number of ether oxygens (including phenoxy) is 1. The fourth-order valence-electron chi connectivity index (χ4n) is 1.92. The van der Waals surface area contributed by atoms with Crippen molar-refractivity contribution in [1.82, 2.24) is 15.1 Å². The number of hydrogen-bond acceptors (Lipinski definition) is 4. The van der Waals surface area contributed by atoms with Crippen molar-refractivity contribution < 1.29 is 9.53 Å². The molecule has 0 bridgehead atoms. The van der Waals surface area contributed by atoms with Crippen molar-refractivity contribution in [3.05, 3.63) is 18.0 Å². The maximum Gasteiger partial charge on any atom is 0.356 e. The Morgan fingerprint density at radius 1 is 1.56 bits per heavy atom. The normalized spacial score (nSPS) is 16.6. The average molecular weight is 246 g/mol. The summed E-state index contributed by atoms with van der Waals surface area (Å²) < 4.78 is 6.50. The number of rotatable bonds is 2. The molecule has 2 heterocycles. The number of nitrogens with one attached hydrogen (secondary N) is 1. The van der Waals surface area contributed by atoms with Crippen LogP contribution in [-0.4, -0.2) is 35.9 Å². The third kappa shape index (κ3) is 2.54. The van der Waals surface area contributed by atoms with Crippen LogP contribution in [0.5, 0.6) is 0 Å². The molecule has 0 radical (unpaired) electrons. The van der Waals surface area contributed by atoms with Gasteiger partial charge in [-0.25, -0.2) is 4.79 Å². The van der Waals surface area contributed by atoms with E-state index in [-0.39, 0.29) is 18.4 Å². The van der Waals surface area contributed by atoms with Gasteiger partial charge in [0.15, 0.2) is 0 Å². The van der Waals surface area contributed by atoms with Gasteiger partial charge in [0.25, 0.3) is 0 Å². The molecule has 0 spiro atoms. The van der Waals surface area contributed by atoms with Crippen molar-refractivity contribution in [3.63, 3.8) is 0 Å². The summed E-state index contributed by atoms with van der Waals surface area (Å²) in [4.78, 5) is 11.4. The quantitative estimate of drug-likeness (QED) is 0.791. The molecule has 6 heteroatoms. The topological polar surface area (TPSA) is 56.1 Å². The van der Waals surface area contributed by atoms with E-state index >= 15 is 0 Å². The molecule has 0 aliphatic carbocycles. The van der Waals surface area contributed by atoms with E-state index in [0.717, 1.165) is 25.9 Å². The van der Waals surface area contributed by atoms with Crippen LogP contribution in [0.2, 0.25) is 0 Å². The van der Waals surface area contributed by atoms with Crippen LogP contribution in [0.1, 0.15) is 29.4 Å². The highest BCUT2D eigenvalue weighted by Gasteiger charge is 2.21. The maximum absolute atomic E-state index is 11.4. The molecule has 16 heavy (non-hydrogen) atoms. The number of carbonyl (C=O) groups is 1. The molecule has 90 valence electrons. The van der Waals surface area contributed by atoms with Gasteiger partial charge in [0.05, 0.1) is 13.2 Å². The summed E-state index contributed by atoms with van der Waals surface area (Å²) in [6.07, 6.45) is 3.66. The van der Waals surface area contributed by atoms with Crippen LogP contribution < -0.4 is 5.32 Å². The van der Waals surface area contributed by atoms with E-state index in [1.165, 1.54) is 7.11 Å². The van der Waals surface area contributed by atoms with E-state index in [4.69, 9.17) is 4.74 Å². The van der Waals surface area contributed by atoms with E-state index in [0.29, 0.717) is 11.7 Å². The lowest BCUT2D eigenvalue weighted by Gasteiger charge is -2.24. The Bertz CT molecular complexity index is 348. The lowest BCUT2D eigenvalue weighted by atomic mass is 10.1. The number of carbonyl (C=O) groups excluding carboxylic acids is 1. The molecule has 1 saturated heterocycles. The number of esters is 1. The molecule has 0 amide bonds. The van der Waals surface area contributed by atoms with Crippen molar-refractivity contribution in [3.8, 4) is 0 Å². The minimum atomic E-state index is -0.314. The molecular formula is C10H16ClN3O2. The predicted octanol–water partition coefficient (Wildman–Crippen LogP) is 1.02. The van der Waals surface area contributed by atoms with Gasteiger partial charge in [-0.2, -0.15) is 5.10 Å². The minimum absolute atomic E-state index is 0. The molecule has 1 N–H and O–H groups in total. The van der Waals surface area contributed by atoms with Crippen LogP contribution >= 0.6 is 12.4 Å². The summed E-state index contributed by atoms with van der Waals surface area (Å²) in [5, 5.41) is 7.48. The number of methoxy groups -OCH3 is 1. The van der Waals surface area contributed by atoms with E-state index < -0.39 is 0 Å². The summed E-state index contributed by atoms with van der Waals surface area (Å²) in [7, 11) is 1.39. The van der Waals surface area contributed by atoms with E-state index in [2.05, 4.69) is 10.4 Å². The van der Waals surface area contributed by atoms with Gasteiger partial charge in [0, 0.05) is 6.20 Å². The molecule has 5 nitrogen and oxygen atoms in total. The molecule has 1 aromatic heterocycles. The molecule has 0 atom stereocenters. The number of hydrogen-bond donors (Lipinski definition) is 1. The third-order valence-electron chi connectivity index (χ3n) is 2.72. The number of piperidine rings is 1. The predicted molar refractivity (Wildman–Crippen MR) is 62.0 cm³/mol. The molecule has 1 fully saturated rings. The van der Waals surface area contributed by atoms with Gasteiger partial charge in [0.1, 0.15) is 5.69 Å². The maximum atomic E-state index is 11.4. The van der Waals surface area contributed by atoms with Crippen molar-refractivity contribution in [2.45, 2.75) is 18.9 Å². The lowest BCUT2D eigenvalue weighted by Crippen LogP contribution is -2.31. The Kier molecular flexibility index (Phi) is 4.76. The second kappa shape index (κ2) is 5.86. The average Bonchev–Trinajstić information content (AvgIpc) is 2.78. The van der Waals surface area contributed by atoms with Crippen LogP contribution in [0.3, 0.4) is 0 Å². The summed E-state index contributed by atoms with van der Waals surface area (Å²) in [6, 6.07) is 2.02. The van der Waals surface area contributed by atoms with E-state index in [1.807, 2.05) is 0 Å². The second-order valence-corrected chi connectivity index (χ2v) is 3.63. The summed E-state index contributed by atoms with van der Waals surface area (Å²) in [5.41, 5.74) is 0.546. The second-order valence-electron chi connectivity index (χ2n) is 3.63. The van der Waals surface area contributed by atoms with Crippen molar-refractivity contribution >= 4 is 18.4 Å². The van der Waals surface area contributed by atoms with Gasteiger partial charge in [-0.3, -0.25) is 4.68 Å². The summed E-state index contributed by atoms with van der Waals surface area (Å²) >= 11 is 0. The molecule has 0 aromatic carbocycles. The largest absolute Gasteiger partial charge is 0.464 e. The van der Waals surface area contributed by atoms with Gasteiger partial charge in [-0.15, -0.1) is 12.4 Å². The number of aromatic nitrogens is 2. The smallest absolute Gasteiger partial charge is 0.356 e. The number of halogens is 1. The monoisotopic (exact) mass is 245 g/mol. The Labute approximate surface area is 101 Å². The zero-order valence-electron chi connectivity index (χ0n) is 9.18. The Balaban J connectivity index is 0.00000128. The van der Waals surface area contributed by atoms with Gasteiger partial charge >= 0.3 is 5.97 Å². The molecule has 1 aliphatic heterocycles. The Hall–Kier alpha value is -1.07. The first-order valence-corrected chi connectivity index (χ1v) is 5.15. The van der Waals surface area contributed by atoms with Gasteiger partial charge in [-0.1, -0.05) is 0 Å². The first-order chi connectivity index (χ1) is 7.33. The van der Waals surface area contributed by atoms with E-state index in [9.17, 15) is 4.79 Å². The first kappa shape index (κ1) is 13.0. The SMILES string of the molecule is COC(=O)c1ccnn1C1CCNCC1.Cl. The molecular weight excluding hydrogens is 230 g/mol. The zero-order chi connectivity index (χ0) is 10.7. The first-order valence-electron chi connectivity index (χ1n) is 5.15. The van der Waals surface area contributed by atoms with Crippen LogP contribution in [0, 0.1) is 0 Å². The van der Waals surface area contributed by atoms with Crippen molar-refractivity contribution in [1.29, 1.82) is 0 Å². The van der Waals surface area contributed by atoms with Crippen LogP contribution in [0.25, 0.3) is 0 Å². The molecule has 0 saturated carbocycles. The highest BCUT2D eigenvalue weighted by Crippen LogP contribution is 2.19. The molecule has 0 unspecified atom stereocenters. The Morgan fingerprint density at radius 2 is 2.25 bits per heavy atom. The van der Waals surface area contributed by atoms with Crippen LogP contribution in [0.4, 0.5) is 0 Å². The summed E-state index contributed by atoms with van der Waals surface area (Å²) in [6.45, 7) is 1.95. The number of nitrogens with zero attached hydrogens (tertiary/aromatic N) is 2. The third-order valence-corrected chi connectivity index (χ3v) is 2.72. The minimum Gasteiger partial charge on any atom is -0.464 e. The fraction of sp³-hybridized carbons (Fsp3) is 0.600. The van der Waals surface area contributed by atoms with Gasteiger partial charge < -0.3 is 10.1 Å². The zero-order valence-corrected chi connectivity index (χ0v) is 10.00. The van der Waals surface area contributed by atoms with Gasteiger partial charge in [0.2, 0.25) is 0 Å². The van der Waals surface area contributed by atoms with Gasteiger partial charge in [-0.05, 0) is 32.0 Å². The standard InChI is InChI=1S/C10H15N3O2.ClH/c1-15-10(14)9-4-7-12-13(9)8-2-5-11-6-3-8;/h4,7-8,11H,2-3,5-6H2,1H3;1H. The fourth-order valence-corrected chi connectivity index (χ4v) is 1.92. The lowest BCUT2D eigenvalue weighted by molar-refractivity contribution is 0.0581. The molecule has 1 aliphatic rings. The highest BCUT2D eigenvalue weighted by atomic mass is 35.5. The van der Waals surface area contributed by atoms with Crippen LogP contribution in [0.15, 0.2) is 12.3 Å². The molecule has 1 aromatic rings. The Morgan fingerprint density at radius 3 is 2.88 bits per heavy atom. The summed E-state index contributed by atoms with van der Waals surface area (Å²) in [5.74, 6) is -0.314. The van der Waals surface area contributed by atoms with Crippen LogP contribution in [-0.2, 0) is 4.74 Å². The molecule has 2 rings (SSSR count). The highest BCUT2D eigenvalue weighted by molar-refractivity contribution is 5.87. The van der Waals surface area contributed by atoms with Crippen molar-refractivity contribution in [2.75, 3.05) is 20.2 Å². The van der Waals surface area contributed by atoms with Crippen molar-refractivity contribution in [2.24, 2.45) is 0 Å².